The van der Waals surface area contributed by atoms with Crippen LogP contribution in [0.2, 0.25) is 0 Å². The summed E-state index contributed by atoms with van der Waals surface area (Å²) >= 11 is 1.21. The van der Waals surface area contributed by atoms with Crippen molar-refractivity contribution >= 4 is 29.3 Å². The molecule has 1 amide bonds. The lowest BCUT2D eigenvalue weighted by Gasteiger charge is -2.17. The Balaban J connectivity index is 1.87. The number of nitrogens with two attached hydrogens (primary N) is 2. The van der Waals surface area contributed by atoms with Crippen LogP contribution in [0.1, 0.15) is 12.5 Å². The third-order valence-corrected chi connectivity index (χ3v) is 3.98. The summed E-state index contributed by atoms with van der Waals surface area (Å²) in [5.41, 5.74) is 12.3. The molecule has 0 radical (unpaired) electrons. The van der Waals surface area contributed by atoms with Gasteiger partial charge in [0.15, 0.2) is 5.16 Å². The van der Waals surface area contributed by atoms with Crippen molar-refractivity contribution in [2.24, 2.45) is 0 Å². The van der Waals surface area contributed by atoms with E-state index in [2.05, 4.69) is 9.97 Å². The van der Waals surface area contributed by atoms with E-state index >= 15 is 0 Å². The molecule has 0 aliphatic carbocycles. The van der Waals surface area contributed by atoms with Crippen LogP contribution in [-0.4, -0.2) is 40.2 Å². The molecule has 128 valence electrons. The number of nitrogens with zero attached hydrogens (tertiary/aromatic N) is 3. The molecule has 1 aromatic heterocycles. The molecule has 0 saturated carbocycles. The minimum Gasteiger partial charge on any atom is -0.494 e. The van der Waals surface area contributed by atoms with Crippen molar-refractivity contribution in [3.63, 3.8) is 0 Å². The Bertz CT molecular complexity index is 673. The Morgan fingerprint density at radius 3 is 2.42 bits per heavy atom. The summed E-state index contributed by atoms with van der Waals surface area (Å²) < 4.78 is 5.40. The van der Waals surface area contributed by atoms with E-state index in [1.807, 2.05) is 31.2 Å². The highest BCUT2D eigenvalue weighted by Gasteiger charge is 2.12. The number of anilines is 2. The molecule has 1 heterocycles. The van der Waals surface area contributed by atoms with Crippen molar-refractivity contribution in [3.05, 3.63) is 35.9 Å². The van der Waals surface area contributed by atoms with Crippen LogP contribution in [0, 0.1) is 0 Å². The zero-order valence-electron chi connectivity index (χ0n) is 13.7. The van der Waals surface area contributed by atoms with Crippen LogP contribution < -0.4 is 16.2 Å². The van der Waals surface area contributed by atoms with Crippen LogP contribution in [0.4, 0.5) is 11.6 Å². The van der Waals surface area contributed by atoms with Crippen molar-refractivity contribution in [3.8, 4) is 5.75 Å². The van der Waals surface area contributed by atoms with Crippen molar-refractivity contribution in [1.29, 1.82) is 0 Å². The summed E-state index contributed by atoms with van der Waals surface area (Å²) in [6, 6.07) is 9.17. The maximum absolute atomic E-state index is 12.2. The van der Waals surface area contributed by atoms with Gasteiger partial charge in [0.1, 0.15) is 17.4 Å². The first-order chi connectivity index (χ1) is 11.5. The summed E-state index contributed by atoms with van der Waals surface area (Å²) in [5.74, 6) is 1.59. The number of hydrogen-bond acceptors (Lipinski definition) is 7. The molecule has 1 aromatic carbocycles. The lowest BCUT2D eigenvalue weighted by Crippen LogP contribution is -2.27. The number of hydrogen-bond donors (Lipinski definition) is 2. The summed E-state index contributed by atoms with van der Waals surface area (Å²) in [6.07, 6.45) is 0. The molecule has 0 atom stereocenters. The van der Waals surface area contributed by atoms with Crippen LogP contribution in [0.3, 0.4) is 0 Å². The van der Waals surface area contributed by atoms with Crippen LogP contribution in [0.25, 0.3) is 0 Å². The minimum absolute atomic E-state index is 0.0292. The normalized spacial score (nSPS) is 10.4. The SMILES string of the molecule is CCOc1ccc(CN(C)C(=O)CSc2nc(N)cc(N)n2)cc1. The highest BCUT2D eigenvalue weighted by molar-refractivity contribution is 7.99. The molecule has 0 aliphatic rings. The lowest BCUT2D eigenvalue weighted by molar-refractivity contribution is -0.127. The molecule has 2 rings (SSSR count). The summed E-state index contributed by atoms with van der Waals surface area (Å²) in [4.78, 5) is 22.0. The Morgan fingerprint density at radius 2 is 1.83 bits per heavy atom. The molecule has 0 spiro atoms. The van der Waals surface area contributed by atoms with Gasteiger partial charge < -0.3 is 21.1 Å². The lowest BCUT2D eigenvalue weighted by atomic mass is 10.2. The number of carbonyl (C=O) groups excluding carboxylic acids is 1. The number of ether oxygens (including phenoxy) is 1. The Hall–Kier alpha value is -2.48. The second-order valence-electron chi connectivity index (χ2n) is 5.12. The molecule has 0 saturated heterocycles. The first kappa shape index (κ1) is 17.9. The molecule has 0 aliphatic heterocycles. The van der Waals surface area contributed by atoms with Crippen molar-refractivity contribution in [1.82, 2.24) is 14.9 Å². The minimum atomic E-state index is -0.0292. The molecule has 0 unspecified atom stereocenters. The molecule has 2 aromatic rings. The van der Waals surface area contributed by atoms with Gasteiger partial charge >= 0.3 is 0 Å². The fraction of sp³-hybridized carbons (Fsp3) is 0.312. The Labute approximate surface area is 145 Å². The number of rotatable bonds is 7. The van der Waals surface area contributed by atoms with E-state index < -0.39 is 0 Å². The van der Waals surface area contributed by atoms with Crippen LogP contribution in [-0.2, 0) is 11.3 Å². The number of aromatic nitrogens is 2. The number of carbonyl (C=O) groups is 1. The molecular weight excluding hydrogens is 326 g/mol. The average Bonchev–Trinajstić information content (AvgIpc) is 2.54. The molecule has 4 N–H and O–H groups in total. The molecule has 24 heavy (non-hydrogen) atoms. The monoisotopic (exact) mass is 347 g/mol. The highest BCUT2D eigenvalue weighted by Crippen LogP contribution is 2.18. The smallest absolute Gasteiger partial charge is 0.233 e. The van der Waals surface area contributed by atoms with E-state index in [0.717, 1.165) is 11.3 Å². The van der Waals surface area contributed by atoms with E-state index in [-0.39, 0.29) is 11.7 Å². The quantitative estimate of drug-likeness (QED) is 0.581. The van der Waals surface area contributed by atoms with Gasteiger partial charge in [0, 0.05) is 19.7 Å². The topological polar surface area (TPSA) is 107 Å². The van der Waals surface area contributed by atoms with Crippen LogP contribution >= 0.6 is 11.8 Å². The number of thioether (sulfide) groups is 1. The van der Waals surface area contributed by atoms with E-state index in [0.29, 0.717) is 29.9 Å². The largest absolute Gasteiger partial charge is 0.494 e. The summed E-state index contributed by atoms with van der Waals surface area (Å²) in [5, 5.41) is 0.398. The van der Waals surface area contributed by atoms with Gasteiger partial charge in [0.05, 0.1) is 12.4 Å². The van der Waals surface area contributed by atoms with Crippen molar-refractivity contribution in [2.45, 2.75) is 18.6 Å². The predicted molar refractivity (Wildman–Crippen MR) is 95.7 cm³/mol. The van der Waals surface area contributed by atoms with Gasteiger partial charge in [-0.3, -0.25) is 4.79 Å². The summed E-state index contributed by atoms with van der Waals surface area (Å²) in [7, 11) is 1.76. The molecule has 0 fully saturated rings. The Kier molecular flexibility index (Phi) is 6.25. The molecular formula is C16H21N5O2S. The first-order valence-electron chi connectivity index (χ1n) is 7.46. The second-order valence-corrected chi connectivity index (χ2v) is 6.06. The maximum atomic E-state index is 12.2. The Morgan fingerprint density at radius 1 is 1.21 bits per heavy atom. The molecule has 0 bridgehead atoms. The van der Waals surface area contributed by atoms with Gasteiger partial charge in [-0.05, 0) is 24.6 Å². The van der Waals surface area contributed by atoms with Gasteiger partial charge in [0.2, 0.25) is 5.91 Å². The molecule has 8 heteroatoms. The average molecular weight is 347 g/mol. The first-order valence-corrected chi connectivity index (χ1v) is 8.45. The maximum Gasteiger partial charge on any atom is 0.233 e. The number of nitrogen functional groups attached to an aromatic ring is 2. The standard InChI is InChI=1S/C16H21N5O2S/c1-3-23-12-6-4-11(5-7-12)9-21(2)15(22)10-24-16-19-13(17)8-14(18)20-16/h4-8H,3,9-10H2,1-2H3,(H4,17,18,19,20). The van der Waals surface area contributed by atoms with E-state index in [9.17, 15) is 4.79 Å². The van der Waals surface area contributed by atoms with E-state index in [4.69, 9.17) is 16.2 Å². The fourth-order valence-corrected chi connectivity index (χ4v) is 2.80. The second kappa shape index (κ2) is 8.39. The van der Waals surface area contributed by atoms with Gasteiger partial charge in [0.25, 0.3) is 0 Å². The third kappa shape index (κ3) is 5.31. The molecule has 7 nitrogen and oxygen atoms in total. The summed E-state index contributed by atoms with van der Waals surface area (Å²) in [6.45, 7) is 3.09. The van der Waals surface area contributed by atoms with Gasteiger partial charge in [-0.25, -0.2) is 9.97 Å². The zero-order chi connectivity index (χ0) is 17.5. The number of benzene rings is 1. The zero-order valence-corrected chi connectivity index (χ0v) is 14.5. The van der Waals surface area contributed by atoms with Gasteiger partial charge in [-0.1, -0.05) is 23.9 Å². The number of amides is 1. The van der Waals surface area contributed by atoms with Crippen molar-refractivity contribution in [2.75, 3.05) is 30.9 Å². The van der Waals surface area contributed by atoms with Crippen molar-refractivity contribution < 1.29 is 9.53 Å². The van der Waals surface area contributed by atoms with Gasteiger partial charge in [-0.15, -0.1) is 0 Å². The fourth-order valence-electron chi connectivity index (χ4n) is 1.98. The van der Waals surface area contributed by atoms with Crippen LogP contribution in [0.15, 0.2) is 35.5 Å². The third-order valence-electron chi connectivity index (χ3n) is 3.15. The van der Waals surface area contributed by atoms with Crippen LogP contribution in [0.5, 0.6) is 5.75 Å². The van der Waals surface area contributed by atoms with E-state index in [1.165, 1.54) is 17.8 Å². The highest BCUT2D eigenvalue weighted by atomic mass is 32.2. The predicted octanol–water partition coefficient (Wildman–Crippen LogP) is 1.79. The van der Waals surface area contributed by atoms with Gasteiger partial charge in [-0.2, -0.15) is 0 Å². The van der Waals surface area contributed by atoms with E-state index in [1.54, 1.807) is 11.9 Å².